The number of carbonyl (C=O) groups is 1. The van der Waals surface area contributed by atoms with Gasteiger partial charge < -0.3 is 10.1 Å². The van der Waals surface area contributed by atoms with Gasteiger partial charge in [-0.15, -0.1) is 0 Å². The van der Waals surface area contributed by atoms with Crippen LogP contribution in [0.4, 0.5) is 5.82 Å². The van der Waals surface area contributed by atoms with E-state index in [1.54, 1.807) is 18.3 Å². The summed E-state index contributed by atoms with van der Waals surface area (Å²) in [6, 6.07) is 3.43. The molecule has 0 saturated carbocycles. The Morgan fingerprint density at radius 3 is 2.79 bits per heavy atom. The molecule has 0 bridgehead atoms. The number of pyridine rings is 1. The Labute approximate surface area is 110 Å². The largest absolute Gasteiger partial charge is 0.489 e. The van der Waals surface area contributed by atoms with E-state index in [-0.39, 0.29) is 17.7 Å². The van der Waals surface area contributed by atoms with E-state index in [9.17, 15) is 4.79 Å². The zero-order chi connectivity index (χ0) is 13.7. The predicted octanol–water partition coefficient (Wildman–Crippen LogP) is 1.91. The molecule has 2 heterocycles. The molecule has 98 valence electrons. The molecule has 0 aliphatic heterocycles. The number of hydrogen-bond donors (Lipinski definition) is 1. The van der Waals surface area contributed by atoms with Crippen LogP contribution in [0.15, 0.2) is 36.9 Å². The molecular formula is C13H14N4O2. The number of hydrogen-bond acceptors (Lipinski definition) is 5. The van der Waals surface area contributed by atoms with Gasteiger partial charge >= 0.3 is 0 Å². The van der Waals surface area contributed by atoms with Crippen molar-refractivity contribution in [3.05, 3.63) is 42.6 Å². The van der Waals surface area contributed by atoms with E-state index in [1.165, 1.54) is 18.6 Å². The van der Waals surface area contributed by atoms with Gasteiger partial charge in [0.2, 0.25) is 0 Å². The lowest BCUT2D eigenvalue weighted by molar-refractivity contribution is 0.101. The zero-order valence-electron chi connectivity index (χ0n) is 10.7. The Bertz CT molecular complexity index is 558. The van der Waals surface area contributed by atoms with Crippen molar-refractivity contribution < 1.29 is 9.53 Å². The van der Waals surface area contributed by atoms with Gasteiger partial charge in [0.1, 0.15) is 0 Å². The van der Waals surface area contributed by atoms with E-state index in [0.29, 0.717) is 11.6 Å². The highest BCUT2D eigenvalue weighted by atomic mass is 16.5. The normalized spacial score (nSPS) is 10.3. The molecule has 0 radical (unpaired) electrons. The number of nitrogens with zero attached hydrogens (tertiary/aromatic N) is 3. The predicted molar refractivity (Wildman–Crippen MR) is 70.0 cm³/mol. The van der Waals surface area contributed by atoms with Crippen LogP contribution in [0.2, 0.25) is 0 Å². The van der Waals surface area contributed by atoms with Crippen LogP contribution in [0.1, 0.15) is 24.3 Å². The molecule has 6 heteroatoms. The van der Waals surface area contributed by atoms with Crippen LogP contribution in [-0.2, 0) is 0 Å². The molecule has 0 fully saturated rings. The van der Waals surface area contributed by atoms with Gasteiger partial charge in [0, 0.05) is 18.6 Å². The van der Waals surface area contributed by atoms with Crippen LogP contribution in [-0.4, -0.2) is 27.0 Å². The van der Waals surface area contributed by atoms with Crippen molar-refractivity contribution in [3.63, 3.8) is 0 Å². The summed E-state index contributed by atoms with van der Waals surface area (Å²) in [6.07, 6.45) is 6.00. The molecule has 6 nitrogen and oxygen atoms in total. The van der Waals surface area contributed by atoms with E-state index in [1.807, 2.05) is 13.8 Å². The molecule has 0 aromatic carbocycles. The van der Waals surface area contributed by atoms with Gasteiger partial charge in [-0.2, -0.15) is 0 Å². The van der Waals surface area contributed by atoms with E-state index in [4.69, 9.17) is 4.74 Å². The first-order valence-corrected chi connectivity index (χ1v) is 5.86. The maximum atomic E-state index is 12.1. The highest BCUT2D eigenvalue weighted by Crippen LogP contribution is 2.17. The lowest BCUT2D eigenvalue weighted by Crippen LogP contribution is -2.17. The molecule has 0 saturated heterocycles. The summed E-state index contributed by atoms with van der Waals surface area (Å²) in [5, 5.41) is 2.62. The first kappa shape index (κ1) is 12.9. The Morgan fingerprint density at radius 1 is 1.26 bits per heavy atom. The maximum Gasteiger partial charge on any atom is 0.279 e. The van der Waals surface area contributed by atoms with Crippen molar-refractivity contribution in [2.75, 3.05) is 5.32 Å². The summed E-state index contributed by atoms with van der Waals surface area (Å²) in [5.74, 6) is 0.435. The molecule has 2 aromatic rings. The van der Waals surface area contributed by atoms with Crippen LogP contribution in [0.5, 0.6) is 5.75 Å². The summed E-state index contributed by atoms with van der Waals surface area (Å²) >= 11 is 0. The number of amides is 1. The smallest absolute Gasteiger partial charge is 0.279 e. The molecule has 0 atom stereocenters. The Balaban J connectivity index is 2.19. The number of rotatable bonds is 4. The van der Waals surface area contributed by atoms with Gasteiger partial charge in [0.05, 0.1) is 12.3 Å². The molecular weight excluding hydrogens is 244 g/mol. The first-order chi connectivity index (χ1) is 9.16. The SMILES string of the molecule is CC(C)Oc1cccnc1C(=O)Nc1cnccn1. The molecule has 2 aromatic heterocycles. The van der Waals surface area contributed by atoms with Crippen LogP contribution in [0, 0.1) is 0 Å². The van der Waals surface area contributed by atoms with Crippen molar-refractivity contribution in [2.24, 2.45) is 0 Å². The molecule has 0 aliphatic carbocycles. The van der Waals surface area contributed by atoms with E-state index >= 15 is 0 Å². The van der Waals surface area contributed by atoms with Crippen molar-refractivity contribution in [2.45, 2.75) is 20.0 Å². The number of ether oxygens (including phenoxy) is 1. The van der Waals surface area contributed by atoms with Gasteiger partial charge in [-0.3, -0.25) is 9.78 Å². The fraction of sp³-hybridized carbons (Fsp3) is 0.231. The molecule has 2 rings (SSSR count). The van der Waals surface area contributed by atoms with Gasteiger partial charge in [-0.05, 0) is 26.0 Å². The van der Waals surface area contributed by atoms with Gasteiger partial charge in [-0.1, -0.05) is 0 Å². The molecule has 0 spiro atoms. The second kappa shape index (κ2) is 5.90. The van der Waals surface area contributed by atoms with Crippen molar-refractivity contribution in [1.29, 1.82) is 0 Å². The number of aromatic nitrogens is 3. The second-order valence-electron chi connectivity index (χ2n) is 4.06. The van der Waals surface area contributed by atoms with Crippen molar-refractivity contribution in [1.82, 2.24) is 15.0 Å². The fourth-order valence-electron chi connectivity index (χ4n) is 1.45. The highest BCUT2D eigenvalue weighted by Gasteiger charge is 2.15. The monoisotopic (exact) mass is 258 g/mol. The minimum Gasteiger partial charge on any atom is -0.489 e. The molecule has 0 aliphatic rings. The Morgan fingerprint density at radius 2 is 2.11 bits per heavy atom. The number of anilines is 1. The zero-order valence-corrected chi connectivity index (χ0v) is 10.7. The molecule has 0 unspecified atom stereocenters. The van der Waals surface area contributed by atoms with E-state index < -0.39 is 0 Å². The summed E-state index contributed by atoms with van der Waals surface area (Å²) in [5.41, 5.74) is 0.224. The van der Waals surface area contributed by atoms with Crippen LogP contribution in [0.25, 0.3) is 0 Å². The van der Waals surface area contributed by atoms with Crippen LogP contribution in [0.3, 0.4) is 0 Å². The quantitative estimate of drug-likeness (QED) is 0.906. The standard InChI is InChI=1S/C13H14N4O2/c1-9(2)19-10-4-3-5-16-12(10)13(18)17-11-8-14-6-7-15-11/h3-9H,1-2H3,(H,15,17,18). The summed E-state index contributed by atoms with van der Waals surface area (Å²) in [4.78, 5) is 24.0. The highest BCUT2D eigenvalue weighted by molar-refractivity contribution is 6.04. The van der Waals surface area contributed by atoms with Gasteiger partial charge in [-0.25, -0.2) is 9.97 Å². The third kappa shape index (κ3) is 3.48. The topological polar surface area (TPSA) is 77.0 Å². The van der Waals surface area contributed by atoms with Gasteiger partial charge in [0.15, 0.2) is 17.3 Å². The van der Waals surface area contributed by atoms with Gasteiger partial charge in [0.25, 0.3) is 5.91 Å². The number of carbonyl (C=O) groups excluding carboxylic acids is 1. The Kier molecular flexibility index (Phi) is 4.02. The molecule has 1 amide bonds. The minimum atomic E-state index is -0.378. The second-order valence-corrected chi connectivity index (χ2v) is 4.06. The summed E-state index contributed by atoms with van der Waals surface area (Å²) in [6.45, 7) is 3.77. The average Bonchev–Trinajstić information content (AvgIpc) is 2.39. The first-order valence-electron chi connectivity index (χ1n) is 5.86. The number of nitrogens with one attached hydrogen (secondary N) is 1. The lowest BCUT2D eigenvalue weighted by atomic mass is 10.3. The van der Waals surface area contributed by atoms with Crippen molar-refractivity contribution in [3.8, 4) is 5.75 Å². The lowest BCUT2D eigenvalue weighted by Gasteiger charge is -2.12. The summed E-state index contributed by atoms with van der Waals surface area (Å²) < 4.78 is 5.54. The van der Waals surface area contributed by atoms with Crippen molar-refractivity contribution >= 4 is 11.7 Å². The maximum absolute atomic E-state index is 12.1. The third-order valence-corrected chi connectivity index (χ3v) is 2.15. The fourth-order valence-corrected chi connectivity index (χ4v) is 1.45. The average molecular weight is 258 g/mol. The van der Waals surface area contributed by atoms with E-state index in [0.717, 1.165) is 0 Å². The van der Waals surface area contributed by atoms with E-state index in [2.05, 4.69) is 20.3 Å². The molecule has 19 heavy (non-hydrogen) atoms. The third-order valence-electron chi connectivity index (χ3n) is 2.15. The molecule has 1 N–H and O–H groups in total. The van der Waals surface area contributed by atoms with Crippen LogP contribution < -0.4 is 10.1 Å². The van der Waals surface area contributed by atoms with Crippen LogP contribution >= 0.6 is 0 Å². The Hall–Kier alpha value is -2.50. The summed E-state index contributed by atoms with van der Waals surface area (Å²) in [7, 11) is 0. The minimum absolute atomic E-state index is 0.0349.